The number of rotatable bonds is 13. The lowest BCUT2D eigenvalue weighted by molar-refractivity contribution is -0.161. The molecule has 1 saturated heterocycles. The Kier molecular flexibility index (Phi) is 11.3. The predicted molar refractivity (Wildman–Crippen MR) is 189 cm³/mol. The molecule has 4 rings (SSSR count). The molecule has 1 aliphatic carbocycles. The van der Waals surface area contributed by atoms with Crippen LogP contribution < -0.4 is 14.8 Å². The average molecular weight is 716 g/mol. The smallest absolute Gasteiger partial charge is 0.307 e. The molecule has 2 fully saturated rings. The lowest BCUT2D eigenvalue weighted by Gasteiger charge is -2.35. The quantitative estimate of drug-likeness (QED) is 0.289. The first-order chi connectivity index (χ1) is 23.1. The summed E-state index contributed by atoms with van der Waals surface area (Å²) >= 11 is 0. The van der Waals surface area contributed by atoms with Crippen LogP contribution in [0.25, 0.3) is 10.8 Å². The number of carbonyl (C=O) groups excluding carboxylic acids is 4. The van der Waals surface area contributed by atoms with Crippen molar-refractivity contribution in [3.63, 3.8) is 0 Å². The van der Waals surface area contributed by atoms with Crippen molar-refractivity contribution in [2.24, 2.45) is 17.3 Å². The summed E-state index contributed by atoms with van der Waals surface area (Å²) in [6.45, 7) is 15.8. The van der Waals surface area contributed by atoms with Gasteiger partial charge in [-0.2, -0.15) is 0 Å². The molecule has 1 aromatic carbocycles. The number of hydrogen-bond donors (Lipinski definition) is 1. The van der Waals surface area contributed by atoms with Crippen molar-refractivity contribution in [2.45, 2.75) is 117 Å². The number of ether oxygens (including phenoxy) is 3. The van der Waals surface area contributed by atoms with Crippen LogP contribution in [0.2, 0.25) is 0 Å². The molecule has 50 heavy (non-hydrogen) atoms. The average Bonchev–Trinajstić information content (AvgIpc) is 3.56. The second kappa shape index (κ2) is 14.5. The van der Waals surface area contributed by atoms with Gasteiger partial charge >= 0.3 is 5.97 Å². The Balaban J connectivity index is 1.67. The largest absolute Gasteiger partial charge is 0.497 e. The van der Waals surface area contributed by atoms with E-state index in [1.165, 1.54) is 18.7 Å². The van der Waals surface area contributed by atoms with Crippen LogP contribution in [0.1, 0.15) is 88.0 Å². The second-order valence-corrected chi connectivity index (χ2v) is 18.5. The third kappa shape index (κ3) is 8.76. The van der Waals surface area contributed by atoms with Crippen LogP contribution in [0.4, 0.5) is 0 Å². The molecule has 0 spiro atoms. The molecule has 1 saturated carbocycles. The van der Waals surface area contributed by atoms with E-state index in [0.29, 0.717) is 24.5 Å². The minimum atomic E-state index is -3.71. The van der Waals surface area contributed by atoms with Crippen molar-refractivity contribution < 1.29 is 41.8 Å². The molecule has 12 nitrogen and oxygen atoms in total. The van der Waals surface area contributed by atoms with E-state index in [2.05, 4.69) is 10.3 Å². The molecule has 276 valence electrons. The molecule has 1 aromatic heterocycles. The number of sulfone groups is 1. The Morgan fingerprint density at radius 1 is 1.08 bits per heavy atom. The first kappa shape index (κ1) is 39.1. The van der Waals surface area contributed by atoms with Gasteiger partial charge < -0.3 is 24.4 Å². The summed E-state index contributed by atoms with van der Waals surface area (Å²) < 4.78 is 42.8. The summed E-state index contributed by atoms with van der Waals surface area (Å²) in [5.74, 6) is -2.85. The third-order valence-electron chi connectivity index (χ3n) is 9.69. The fraction of sp³-hybridized carbons (Fsp3) is 0.649. The van der Waals surface area contributed by atoms with Gasteiger partial charge in [0.05, 0.1) is 31.2 Å². The molecule has 2 amide bonds. The van der Waals surface area contributed by atoms with E-state index in [9.17, 15) is 27.6 Å². The van der Waals surface area contributed by atoms with Crippen LogP contribution in [0, 0.1) is 17.3 Å². The monoisotopic (exact) mass is 715 g/mol. The zero-order valence-corrected chi connectivity index (χ0v) is 31.8. The Labute approximate surface area is 295 Å². The van der Waals surface area contributed by atoms with Gasteiger partial charge in [-0.1, -0.05) is 34.1 Å². The number of nitrogens with zero attached hydrogens (tertiary/aromatic N) is 2. The number of esters is 1. The molecule has 2 aliphatic rings. The van der Waals surface area contributed by atoms with Crippen LogP contribution in [0.15, 0.2) is 30.5 Å². The van der Waals surface area contributed by atoms with Crippen molar-refractivity contribution >= 4 is 44.2 Å². The van der Waals surface area contributed by atoms with Crippen molar-refractivity contribution in [1.82, 2.24) is 15.2 Å². The van der Waals surface area contributed by atoms with Gasteiger partial charge in [0.1, 0.15) is 34.8 Å². The van der Waals surface area contributed by atoms with Gasteiger partial charge in [0, 0.05) is 18.0 Å². The zero-order valence-electron chi connectivity index (χ0n) is 31.0. The summed E-state index contributed by atoms with van der Waals surface area (Å²) in [6, 6.07) is 6.23. The molecule has 13 heteroatoms. The SMILES string of the molecule is CC[C@@H]1C[C@]1(NC(=O)[C@@H]1C[C@@H](Oc2nccc3cc(OC)ccc23)CN1C(=O)[C@@H](CC(=O)OC(C)(C)C)C(C)(C)C)C(=O)CS(=O)(=O)C(C)C. The maximum absolute atomic E-state index is 14.5. The number of fused-ring (bicyclic) bond motifs is 1. The molecule has 0 bridgehead atoms. The molecule has 1 N–H and O–H groups in total. The normalized spacial score (nSPS) is 23.0. The maximum Gasteiger partial charge on any atom is 0.307 e. The van der Waals surface area contributed by atoms with Crippen LogP contribution in [0.3, 0.4) is 0 Å². The number of methoxy groups -OCH3 is 1. The van der Waals surface area contributed by atoms with E-state index < -0.39 is 79.0 Å². The summed E-state index contributed by atoms with van der Waals surface area (Å²) in [5, 5.41) is 3.71. The minimum Gasteiger partial charge on any atom is -0.497 e. The van der Waals surface area contributed by atoms with Crippen LogP contribution in [-0.2, 0) is 33.8 Å². The van der Waals surface area contributed by atoms with Gasteiger partial charge in [-0.05, 0) is 82.0 Å². The lowest BCUT2D eigenvalue weighted by Crippen LogP contribution is -2.55. The number of ketones is 1. The molecule has 2 heterocycles. The summed E-state index contributed by atoms with van der Waals surface area (Å²) in [5.41, 5.74) is -2.77. The van der Waals surface area contributed by atoms with Crippen LogP contribution >= 0.6 is 0 Å². The van der Waals surface area contributed by atoms with Gasteiger partial charge in [-0.3, -0.25) is 19.2 Å². The zero-order chi connectivity index (χ0) is 37.4. The Bertz CT molecular complexity index is 1730. The number of nitrogens with one attached hydrogen (secondary N) is 1. The number of carbonyl (C=O) groups is 4. The van der Waals surface area contributed by atoms with Gasteiger partial charge in [-0.15, -0.1) is 0 Å². The topological polar surface area (TPSA) is 158 Å². The molecule has 0 unspecified atom stereocenters. The van der Waals surface area contributed by atoms with Gasteiger partial charge in [0.2, 0.25) is 17.7 Å². The molecule has 1 aliphatic heterocycles. The van der Waals surface area contributed by atoms with E-state index in [0.717, 1.165) is 10.8 Å². The first-order valence-corrected chi connectivity index (χ1v) is 19.0. The first-order valence-electron chi connectivity index (χ1n) is 17.3. The van der Waals surface area contributed by atoms with E-state index in [1.54, 1.807) is 40.1 Å². The van der Waals surface area contributed by atoms with E-state index in [1.807, 2.05) is 45.9 Å². The molecule has 0 radical (unpaired) electrons. The van der Waals surface area contributed by atoms with Gasteiger partial charge in [0.25, 0.3) is 0 Å². The van der Waals surface area contributed by atoms with Crippen molar-refractivity contribution in [3.05, 3.63) is 30.5 Å². The molecule has 2 aromatic rings. The summed E-state index contributed by atoms with van der Waals surface area (Å²) in [4.78, 5) is 61.2. The Hall–Kier alpha value is -3.74. The highest BCUT2D eigenvalue weighted by atomic mass is 32.2. The number of aromatic nitrogens is 1. The van der Waals surface area contributed by atoms with Gasteiger partial charge in [-0.25, -0.2) is 13.4 Å². The maximum atomic E-state index is 14.5. The predicted octanol–water partition coefficient (Wildman–Crippen LogP) is 4.66. The molecule has 5 atom stereocenters. The highest BCUT2D eigenvalue weighted by Crippen LogP contribution is 2.47. The fourth-order valence-electron chi connectivity index (χ4n) is 6.56. The number of amides is 2. The second-order valence-electron chi connectivity index (χ2n) is 15.9. The highest BCUT2D eigenvalue weighted by molar-refractivity contribution is 7.92. The van der Waals surface area contributed by atoms with Crippen LogP contribution in [-0.4, -0.2) is 89.8 Å². The molecular weight excluding hydrogens is 662 g/mol. The third-order valence-corrected chi connectivity index (χ3v) is 11.8. The van der Waals surface area contributed by atoms with Gasteiger partial charge in [0.15, 0.2) is 15.6 Å². The number of benzene rings is 1. The van der Waals surface area contributed by atoms with Crippen LogP contribution in [0.5, 0.6) is 11.6 Å². The number of hydrogen-bond acceptors (Lipinski definition) is 10. The Morgan fingerprint density at radius 2 is 1.76 bits per heavy atom. The summed E-state index contributed by atoms with van der Waals surface area (Å²) in [6.07, 6.45) is 1.71. The lowest BCUT2D eigenvalue weighted by atomic mass is 9.77. The van der Waals surface area contributed by atoms with E-state index in [-0.39, 0.29) is 25.3 Å². The Morgan fingerprint density at radius 3 is 2.32 bits per heavy atom. The number of Topliss-reactive ketones (excluding diaryl/α,β-unsaturated/α-hetero) is 1. The van der Waals surface area contributed by atoms with Crippen molar-refractivity contribution in [2.75, 3.05) is 19.4 Å². The molecular formula is C37H53N3O9S. The summed E-state index contributed by atoms with van der Waals surface area (Å²) in [7, 11) is -2.14. The standard InChI is InChI=1S/C37H53N3O9S/c1-11-24-19-37(24,30(41)21-50(45,46)22(2)3)39-32(43)29-17-26(48-33-27-13-12-25(47-10)16-23(27)14-15-38-33)20-40(29)34(44)28(35(4,5)6)18-31(42)49-36(7,8)9/h12-16,22,24,26,28-29H,11,17-21H2,1-10H3,(H,39,43)/t24-,26-,28-,29+,37-/m1/s1. The number of likely N-dealkylation sites (tertiary alicyclic amines) is 1. The number of pyridine rings is 1. The van der Waals surface area contributed by atoms with Crippen molar-refractivity contribution in [3.8, 4) is 11.6 Å². The fourth-order valence-corrected chi connectivity index (χ4v) is 7.52. The van der Waals surface area contributed by atoms with E-state index >= 15 is 0 Å². The van der Waals surface area contributed by atoms with Crippen molar-refractivity contribution in [1.29, 1.82) is 0 Å². The minimum absolute atomic E-state index is 0.0198. The highest BCUT2D eigenvalue weighted by Gasteiger charge is 2.61. The van der Waals surface area contributed by atoms with E-state index in [4.69, 9.17) is 14.2 Å².